The second-order valence-corrected chi connectivity index (χ2v) is 6.43. The summed E-state index contributed by atoms with van der Waals surface area (Å²) in [5.41, 5.74) is 3.18. The molecule has 2 rings (SSSR count). The minimum Gasteiger partial charge on any atom is -0.504 e. The molecule has 1 aromatic heterocycles. The lowest BCUT2D eigenvalue weighted by atomic mass is 10.1. The number of benzene rings is 1. The lowest BCUT2D eigenvalue weighted by molar-refractivity contribution is 0.112. The van der Waals surface area contributed by atoms with Crippen molar-refractivity contribution in [2.45, 2.75) is 13.8 Å². The maximum Gasteiger partial charge on any atom is 0.167 e. The molecule has 122 valence electrons. The van der Waals surface area contributed by atoms with Gasteiger partial charge in [-0.2, -0.15) is 0 Å². The molecule has 0 unspecified atom stereocenters. The fourth-order valence-electron chi connectivity index (χ4n) is 2.07. The number of aliphatic imine (C=N–C) groups is 1. The van der Waals surface area contributed by atoms with Crippen molar-refractivity contribution in [3.05, 3.63) is 41.2 Å². The van der Waals surface area contributed by atoms with Gasteiger partial charge in [-0.05, 0) is 64.2 Å². The van der Waals surface area contributed by atoms with Crippen LogP contribution < -0.4 is 5.32 Å². The van der Waals surface area contributed by atoms with Crippen LogP contribution in [-0.4, -0.2) is 26.5 Å². The topological polar surface area (TPSA) is 66.6 Å². The van der Waals surface area contributed by atoms with E-state index in [9.17, 15) is 9.90 Å². The number of carbonyl (C=O) groups is 1. The van der Waals surface area contributed by atoms with Crippen LogP contribution in [0.2, 0.25) is 0 Å². The summed E-state index contributed by atoms with van der Waals surface area (Å²) < 4.78 is 2.05. The third kappa shape index (κ3) is 3.91. The Bertz CT molecular complexity index is 761. The standard InChI is InChI=1S/C15H15BrClN3O2S/c1-3-18-12-7-20(23-17)13(14(12)22)15(16)19-11-5-4-10(8-21)6-9(11)2/h4-8,18,22H,3H2,1-2H3/b19-15-. The maximum atomic E-state index is 10.8. The molecule has 0 spiro atoms. The Morgan fingerprint density at radius 2 is 2.30 bits per heavy atom. The van der Waals surface area contributed by atoms with E-state index in [1.807, 2.05) is 13.8 Å². The van der Waals surface area contributed by atoms with Gasteiger partial charge < -0.3 is 10.4 Å². The Kier molecular flexibility index (Phi) is 6.15. The second-order valence-electron chi connectivity index (χ2n) is 4.73. The van der Waals surface area contributed by atoms with E-state index in [0.717, 1.165) is 23.0 Å². The zero-order chi connectivity index (χ0) is 17.0. The zero-order valence-electron chi connectivity index (χ0n) is 12.5. The fourth-order valence-corrected chi connectivity index (χ4v) is 3.47. The molecule has 0 amide bonds. The summed E-state index contributed by atoms with van der Waals surface area (Å²) in [6.07, 6.45) is 2.49. The molecule has 2 aromatic rings. The molecule has 0 aliphatic heterocycles. The maximum absolute atomic E-state index is 10.8. The van der Waals surface area contributed by atoms with Crippen molar-refractivity contribution in [1.82, 2.24) is 3.97 Å². The molecule has 0 saturated heterocycles. The minimum absolute atomic E-state index is 0.0674. The highest BCUT2D eigenvalue weighted by Gasteiger charge is 2.19. The van der Waals surface area contributed by atoms with E-state index in [1.165, 1.54) is 0 Å². The summed E-state index contributed by atoms with van der Waals surface area (Å²) in [5.74, 6) is 0.0674. The second kappa shape index (κ2) is 7.90. The largest absolute Gasteiger partial charge is 0.504 e. The first-order valence-electron chi connectivity index (χ1n) is 6.79. The molecule has 1 aromatic carbocycles. The van der Waals surface area contributed by atoms with E-state index in [2.05, 4.69) is 26.2 Å². The van der Waals surface area contributed by atoms with Gasteiger partial charge in [0.2, 0.25) is 0 Å². The number of aryl methyl sites for hydroxylation is 1. The SMILES string of the molecule is CCNc1cn(SCl)c(/C(Br)=N/c2ccc(C=O)cc2C)c1O. The molecule has 1 heterocycles. The normalized spacial score (nSPS) is 11.6. The van der Waals surface area contributed by atoms with E-state index in [0.29, 0.717) is 33.8 Å². The summed E-state index contributed by atoms with van der Waals surface area (Å²) >= 11 is 4.34. The van der Waals surface area contributed by atoms with Crippen molar-refractivity contribution < 1.29 is 9.90 Å². The lowest BCUT2D eigenvalue weighted by Crippen LogP contribution is -1.97. The van der Waals surface area contributed by atoms with E-state index in [4.69, 9.17) is 10.7 Å². The number of nitrogens with zero attached hydrogens (tertiary/aromatic N) is 2. The van der Waals surface area contributed by atoms with Gasteiger partial charge in [0.15, 0.2) is 5.75 Å². The molecule has 0 saturated carbocycles. The van der Waals surface area contributed by atoms with E-state index in [-0.39, 0.29) is 5.75 Å². The number of nitrogens with one attached hydrogen (secondary N) is 1. The minimum atomic E-state index is 0.0674. The summed E-state index contributed by atoms with van der Waals surface area (Å²) in [5, 5.41) is 13.4. The molecule has 0 bridgehead atoms. The average Bonchev–Trinajstić information content (AvgIpc) is 2.86. The Morgan fingerprint density at radius 3 is 2.87 bits per heavy atom. The van der Waals surface area contributed by atoms with Crippen molar-refractivity contribution in [3.63, 3.8) is 0 Å². The molecule has 23 heavy (non-hydrogen) atoms. The number of anilines is 1. The van der Waals surface area contributed by atoms with Crippen LogP contribution in [0.1, 0.15) is 28.5 Å². The molecule has 0 fully saturated rings. The molecule has 0 radical (unpaired) electrons. The van der Waals surface area contributed by atoms with Crippen molar-refractivity contribution in [2.24, 2.45) is 4.99 Å². The van der Waals surface area contributed by atoms with Crippen LogP contribution in [0.15, 0.2) is 29.4 Å². The Hall–Kier alpha value is -1.44. The number of hydrogen-bond acceptors (Lipinski definition) is 5. The van der Waals surface area contributed by atoms with Crippen molar-refractivity contribution in [1.29, 1.82) is 0 Å². The van der Waals surface area contributed by atoms with Crippen LogP contribution in [0.25, 0.3) is 0 Å². The number of carbonyl (C=O) groups excluding carboxylic acids is 1. The summed E-state index contributed by atoms with van der Waals surface area (Å²) in [4.78, 5) is 15.3. The van der Waals surface area contributed by atoms with Crippen molar-refractivity contribution >= 4 is 60.1 Å². The Morgan fingerprint density at radius 1 is 1.57 bits per heavy atom. The van der Waals surface area contributed by atoms with Crippen molar-refractivity contribution in [2.75, 3.05) is 11.9 Å². The van der Waals surface area contributed by atoms with Gasteiger partial charge in [-0.3, -0.25) is 8.77 Å². The van der Waals surface area contributed by atoms with Crippen LogP contribution in [0.3, 0.4) is 0 Å². The van der Waals surface area contributed by atoms with Crippen LogP contribution in [0, 0.1) is 6.92 Å². The summed E-state index contributed by atoms with van der Waals surface area (Å²) in [7, 11) is 5.86. The van der Waals surface area contributed by atoms with Gasteiger partial charge in [-0.15, -0.1) is 0 Å². The van der Waals surface area contributed by atoms with Gasteiger partial charge in [-0.1, -0.05) is 0 Å². The molecule has 0 atom stereocenters. The third-order valence-corrected chi connectivity index (χ3v) is 4.59. The third-order valence-electron chi connectivity index (χ3n) is 3.16. The first kappa shape index (κ1) is 17.9. The van der Waals surface area contributed by atoms with Gasteiger partial charge in [0.25, 0.3) is 0 Å². The molecule has 8 heteroatoms. The first-order chi connectivity index (χ1) is 11.0. The van der Waals surface area contributed by atoms with Crippen LogP contribution in [0.5, 0.6) is 5.75 Å². The van der Waals surface area contributed by atoms with Crippen molar-refractivity contribution in [3.8, 4) is 5.75 Å². The monoisotopic (exact) mass is 415 g/mol. The van der Waals surface area contributed by atoms with E-state index in [1.54, 1.807) is 28.4 Å². The summed E-state index contributed by atoms with van der Waals surface area (Å²) in [6, 6.07) is 5.20. The fraction of sp³-hybridized carbons (Fsp3) is 0.200. The quantitative estimate of drug-likeness (QED) is 0.521. The van der Waals surface area contributed by atoms with E-state index >= 15 is 0 Å². The molecule has 0 aliphatic rings. The average molecular weight is 417 g/mol. The number of aromatic nitrogens is 1. The number of halogens is 2. The molecular formula is C15H15BrClN3O2S. The predicted molar refractivity (Wildman–Crippen MR) is 101 cm³/mol. The van der Waals surface area contributed by atoms with Gasteiger partial charge in [-0.25, -0.2) is 4.99 Å². The smallest absolute Gasteiger partial charge is 0.167 e. The Balaban J connectivity index is 2.47. The molecule has 2 N–H and O–H groups in total. The number of aromatic hydroxyl groups is 1. The highest BCUT2D eigenvalue weighted by Crippen LogP contribution is 2.36. The highest BCUT2D eigenvalue weighted by atomic mass is 79.9. The van der Waals surface area contributed by atoms with E-state index < -0.39 is 0 Å². The van der Waals surface area contributed by atoms with Gasteiger partial charge in [0.1, 0.15) is 16.6 Å². The number of hydrogen-bond donors (Lipinski definition) is 2. The molecule has 5 nitrogen and oxygen atoms in total. The summed E-state index contributed by atoms with van der Waals surface area (Å²) in [6.45, 7) is 4.47. The number of rotatable bonds is 6. The molecular weight excluding hydrogens is 402 g/mol. The highest BCUT2D eigenvalue weighted by molar-refractivity contribution is 9.18. The zero-order valence-corrected chi connectivity index (χ0v) is 15.7. The van der Waals surface area contributed by atoms with Gasteiger partial charge in [0, 0.05) is 18.3 Å². The lowest BCUT2D eigenvalue weighted by Gasteiger charge is -2.05. The van der Waals surface area contributed by atoms with Crippen LogP contribution >= 0.6 is 37.8 Å². The number of aldehydes is 1. The Labute approximate surface area is 151 Å². The predicted octanol–water partition coefficient (Wildman–Crippen LogP) is 4.87. The van der Waals surface area contributed by atoms with Gasteiger partial charge >= 0.3 is 0 Å². The van der Waals surface area contributed by atoms with Gasteiger partial charge in [0.05, 0.1) is 22.5 Å². The van der Waals surface area contributed by atoms with Crippen LogP contribution in [0.4, 0.5) is 11.4 Å². The van der Waals surface area contributed by atoms with Crippen LogP contribution in [-0.2, 0) is 0 Å². The first-order valence-corrected chi connectivity index (χ1v) is 9.18. The molecule has 0 aliphatic carbocycles.